The van der Waals surface area contributed by atoms with E-state index in [0.717, 1.165) is 22.6 Å². The highest BCUT2D eigenvalue weighted by Gasteiger charge is 2.12. The van der Waals surface area contributed by atoms with Gasteiger partial charge >= 0.3 is 0 Å². The van der Waals surface area contributed by atoms with Gasteiger partial charge in [-0.3, -0.25) is 4.79 Å². The van der Waals surface area contributed by atoms with Crippen LogP contribution in [0.15, 0.2) is 65.4 Å². The van der Waals surface area contributed by atoms with Gasteiger partial charge in [0, 0.05) is 23.9 Å². The first-order valence-corrected chi connectivity index (χ1v) is 10.6. The zero-order valence-corrected chi connectivity index (χ0v) is 17.1. The molecule has 0 fully saturated rings. The molecule has 5 nitrogen and oxygen atoms in total. The van der Waals surface area contributed by atoms with Gasteiger partial charge in [-0.05, 0) is 42.6 Å². The van der Waals surface area contributed by atoms with Crippen LogP contribution >= 0.6 is 11.3 Å². The molecule has 2 heterocycles. The summed E-state index contributed by atoms with van der Waals surface area (Å²) in [7, 11) is 0. The number of hydrogen-bond acceptors (Lipinski definition) is 4. The molecule has 0 saturated heterocycles. The molecule has 1 N–H and O–H groups in total. The smallest absolute Gasteiger partial charge is 0.252 e. The number of rotatable bonds is 8. The summed E-state index contributed by atoms with van der Waals surface area (Å²) in [5.74, 6) is 1.77. The van der Waals surface area contributed by atoms with Crippen LogP contribution in [0.2, 0.25) is 0 Å². The molecule has 1 amide bonds. The predicted octanol–water partition coefficient (Wildman–Crippen LogP) is 4.46. The van der Waals surface area contributed by atoms with Crippen LogP contribution in [0, 0.1) is 6.92 Å². The van der Waals surface area contributed by atoms with E-state index in [1.165, 1.54) is 16.9 Å². The number of thiophene rings is 1. The Kier molecular flexibility index (Phi) is 5.91. The number of amides is 1. The molecule has 148 valence electrons. The first-order chi connectivity index (χ1) is 14.2. The van der Waals surface area contributed by atoms with Crippen molar-refractivity contribution < 1.29 is 9.53 Å². The molecule has 0 atom stereocenters. The zero-order valence-electron chi connectivity index (χ0n) is 16.3. The Morgan fingerprint density at radius 3 is 2.76 bits per heavy atom. The molecular formula is C23H23N3O2S. The van der Waals surface area contributed by atoms with Gasteiger partial charge in [0.15, 0.2) is 0 Å². The SMILES string of the molecule is Cc1ccc(OCCn2c(CCNC(=O)c3ccsc3)nc3ccccc32)cc1. The summed E-state index contributed by atoms with van der Waals surface area (Å²) in [5.41, 5.74) is 3.96. The van der Waals surface area contributed by atoms with E-state index in [2.05, 4.69) is 22.9 Å². The number of fused-ring (bicyclic) bond motifs is 1. The van der Waals surface area contributed by atoms with E-state index in [-0.39, 0.29) is 5.91 Å². The van der Waals surface area contributed by atoms with E-state index in [4.69, 9.17) is 9.72 Å². The number of nitrogens with one attached hydrogen (secondary N) is 1. The average molecular weight is 406 g/mol. The number of aromatic nitrogens is 2. The number of para-hydroxylation sites is 2. The van der Waals surface area contributed by atoms with Crippen LogP contribution in [-0.2, 0) is 13.0 Å². The molecule has 0 saturated carbocycles. The van der Waals surface area contributed by atoms with Crippen LogP contribution in [0.4, 0.5) is 0 Å². The maximum Gasteiger partial charge on any atom is 0.252 e. The minimum atomic E-state index is -0.0448. The van der Waals surface area contributed by atoms with Crippen molar-refractivity contribution in [3.05, 3.63) is 82.3 Å². The summed E-state index contributed by atoms with van der Waals surface area (Å²) in [5, 5.41) is 6.73. The fourth-order valence-electron chi connectivity index (χ4n) is 3.24. The van der Waals surface area contributed by atoms with Crippen molar-refractivity contribution in [3.63, 3.8) is 0 Å². The second-order valence-corrected chi connectivity index (χ2v) is 7.63. The molecule has 2 aromatic heterocycles. The first-order valence-electron chi connectivity index (χ1n) is 9.65. The molecule has 0 aliphatic carbocycles. The minimum absolute atomic E-state index is 0.0448. The topological polar surface area (TPSA) is 56.1 Å². The monoisotopic (exact) mass is 405 g/mol. The third-order valence-electron chi connectivity index (χ3n) is 4.76. The summed E-state index contributed by atoms with van der Waals surface area (Å²) < 4.78 is 8.09. The Morgan fingerprint density at radius 1 is 1.14 bits per heavy atom. The van der Waals surface area contributed by atoms with Gasteiger partial charge in [-0.25, -0.2) is 4.98 Å². The quantitative estimate of drug-likeness (QED) is 0.471. The van der Waals surface area contributed by atoms with Crippen molar-refractivity contribution in [2.24, 2.45) is 0 Å². The van der Waals surface area contributed by atoms with Crippen molar-refractivity contribution in [1.29, 1.82) is 0 Å². The highest BCUT2D eigenvalue weighted by molar-refractivity contribution is 7.08. The molecule has 0 unspecified atom stereocenters. The molecule has 0 radical (unpaired) electrons. The van der Waals surface area contributed by atoms with Gasteiger partial charge in [0.2, 0.25) is 0 Å². The number of nitrogens with zero attached hydrogens (tertiary/aromatic N) is 2. The fraction of sp³-hybridized carbons (Fsp3) is 0.217. The van der Waals surface area contributed by atoms with Crippen LogP contribution in [0.5, 0.6) is 5.75 Å². The predicted molar refractivity (Wildman–Crippen MR) is 117 cm³/mol. The number of carbonyl (C=O) groups excluding carboxylic acids is 1. The van der Waals surface area contributed by atoms with E-state index in [9.17, 15) is 4.79 Å². The summed E-state index contributed by atoms with van der Waals surface area (Å²) in [4.78, 5) is 16.9. The third kappa shape index (κ3) is 4.66. The molecule has 0 bridgehead atoms. The van der Waals surface area contributed by atoms with Gasteiger partial charge in [-0.15, -0.1) is 0 Å². The van der Waals surface area contributed by atoms with Crippen LogP contribution < -0.4 is 10.1 Å². The van der Waals surface area contributed by atoms with Crippen molar-refractivity contribution in [2.75, 3.05) is 13.2 Å². The average Bonchev–Trinajstić information content (AvgIpc) is 3.38. The van der Waals surface area contributed by atoms with Crippen LogP contribution in [0.3, 0.4) is 0 Å². The first kappa shape index (κ1) is 19.2. The fourth-order valence-corrected chi connectivity index (χ4v) is 3.87. The molecule has 6 heteroatoms. The lowest BCUT2D eigenvalue weighted by Gasteiger charge is -2.11. The van der Waals surface area contributed by atoms with E-state index in [1.807, 2.05) is 59.3 Å². The molecule has 2 aromatic carbocycles. The Morgan fingerprint density at radius 2 is 1.97 bits per heavy atom. The van der Waals surface area contributed by atoms with Crippen molar-refractivity contribution >= 4 is 28.3 Å². The molecule has 0 spiro atoms. The highest BCUT2D eigenvalue weighted by atomic mass is 32.1. The van der Waals surface area contributed by atoms with Gasteiger partial charge < -0.3 is 14.6 Å². The summed E-state index contributed by atoms with van der Waals surface area (Å²) in [6, 6.07) is 18.0. The maximum absolute atomic E-state index is 12.2. The zero-order chi connectivity index (χ0) is 20.1. The Balaban J connectivity index is 1.42. The second-order valence-electron chi connectivity index (χ2n) is 6.85. The van der Waals surface area contributed by atoms with Crippen LogP contribution in [0.1, 0.15) is 21.7 Å². The Bertz CT molecular complexity index is 1090. The van der Waals surface area contributed by atoms with E-state index >= 15 is 0 Å². The lowest BCUT2D eigenvalue weighted by atomic mass is 10.2. The molecule has 29 heavy (non-hydrogen) atoms. The number of imidazole rings is 1. The number of ether oxygens (including phenoxy) is 1. The molecule has 4 rings (SSSR count). The lowest BCUT2D eigenvalue weighted by molar-refractivity contribution is 0.0954. The van der Waals surface area contributed by atoms with E-state index in [0.29, 0.717) is 31.7 Å². The lowest BCUT2D eigenvalue weighted by Crippen LogP contribution is -2.26. The Hall–Kier alpha value is -3.12. The third-order valence-corrected chi connectivity index (χ3v) is 5.44. The summed E-state index contributed by atoms with van der Waals surface area (Å²) >= 11 is 1.52. The van der Waals surface area contributed by atoms with Gasteiger partial charge in [-0.2, -0.15) is 11.3 Å². The van der Waals surface area contributed by atoms with Crippen LogP contribution in [0.25, 0.3) is 11.0 Å². The number of carbonyl (C=O) groups is 1. The Labute approximate surface area is 174 Å². The van der Waals surface area contributed by atoms with Crippen LogP contribution in [-0.4, -0.2) is 28.6 Å². The highest BCUT2D eigenvalue weighted by Crippen LogP contribution is 2.17. The van der Waals surface area contributed by atoms with Crippen molar-refractivity contribution in [3.8, 4) is 5.75 Å². The largest absolute Gasteiger partial charge is 0.492 e. The van der Waals surface area contributed by atoms with Gasteiger partial charge in [0.1, 0.15) is 18.2 Å². The minimum Gasteiger partial charge on any atom is -0.492 e. The normalized spacial score (nSPS) is 10.9. The maximum atomic E-state index is 12.2. The van der Waals surface area contributed by atoms with Gasteiger partial charge in [0.05, 0.1) is 17.6 Å². The van der Waals surface area contributed by atoms with Crippen molar-refractivity contribution in [1.82, 2.24) is 14.9 Å². The molecule has 0 aliphatic heterocycles. The van der Waals surface area contributed by atoms with Gasteiger partial charge in [0.25, 0.3) is 5.91 Å². The van der Waals surface area contributed by atoms with Crippen molar-refractivity contribution in [2.45, 2.75) is 19.9 Å². The van der Waals surface area contributed by atoms with Gasteiger partial charge in [-0.1, -0.05) is 29.8 Å². The number of hydrogen-bond donors (Lipinski definition) is 1. The van der Waals surface area contributed by atoms with E-state index in [1.54, 1.807) is 0 Å². The standard InChI is InChI=1S/C23H23N3O2S/c1-17-6-8-19(9-7-17)28-14-13-26-21-5-3-2-4-20(21)25-22(26)10-12-24-23(27)18-11-15-29-16-18/h2-9,11,15-16H,10,12-14H2,1H3,(H,24,27). The summed E-state index contributed by atoms with van der Waals surface area (Å²) in [6.45, 7) is 3.85. The second kappa shape index (κ2) is 8.92. The van der Waals surface area contributed by atoms with E-state index < -0.39 is 0 Å². The molecular weight excluding hydrogens is 382 g/mol. The number of benzene rings is 2. The number of aryl methyl sites for hydroxylation is 1. The molecule has 0 aliphatic rings. The molecule has 4 aromatic rings. The summed E-state index contributed by atoms with van der Waals surface area (Å²) in [6.07, 6.45) is 0.662.